The van der Waals surface area contributed by atoms with Crippen LogP contribution in [-0.4, -0.2) is 7.11 Å². The Labute approximate surface area is 107 Å². The summed E-state index contributed by atoms with van der Waals surface area (Å²) in [6.45, 7) is 0. The summed E-state index contributed by atoms with van der Waals surface area (Å²) in [5, 5.41) is 0. The predicted octanol–water partition coefficient (Wildman–Crippen LogP) is 4.58. The van der Waals surface area contributed by atoms with E-state index in [4.69, 9.17) is 4.74 Å². The molecule has 0 saturated carbocycles. The predicted molar refractivity (Wildman–Crippen MR) is 63.3 cm³/mol. The zero-order chi connectivity index (χ0) is 14.0. The van der Waals surface area contributed by atoms with E-state index >= 15 is 0 Å². The van der Waals surface area contributed by atoms with E-state index in [1.165, 1.54) is 31.4 Å². The second-order valence-corrected chi connectivity index (χ2v) is 3.83. The molecule has 0 bridgehead atoms. The standard InChI is InChI=1S/C14H10F4O/c1-19-11-7-3-5-9(14(17)18)12(11)8-4-2-6-10(15)13(8)16/h2-7,14H,1H3. The van der Waals surface area contributed by atoms with Crippen molar-refractivity contribution in [2.75, 3.05) is 7.11 Å². The molecule has 1 nitrogen and oxygen atoms in total. The molecule has 0 spiro atoms. The molecule has 0 atom stereocenters. The van der Waals surface area contributed by atoms with Gasteiger partial charge in [-0.3, -0.25) is 0 Å². The van der Waals surface area contributed by atoms with E-state index in [0.29, 0.717) is 0 Å². The van der Waals surface area contributed by atoms with Gasteiger partial charge in [-0.1, -0.05) is 24.3 Å². The van der Waals surface area contributed by atoms with Gasteiger partial charge in [0.25, 0.3) is 6.43 Å². The van der Waals surface area contributed by atoms with E-state index in [2.05, 4.69) is 0 Å². The topological polar surface area (TPSA) is 9.23 Å². The van der Waals surface area contributed by atoms with E-state index in [0.717, 1.165) is 12.1 Å². The lowest BCUT2D eigenvalue weighted by molar-refractivity contribution is 0.151. The Morgan fingerprint density at radius 3 is 2.32 bits per heavy atom. The van der Waals surface area contributed by atoms with Crippen LogP contribution in [0, 0.1) is 11.6 Å². The van der Waals surface area contributed by atoms with Crippen LogP contribution < -0.4 is 4.74 Å². The highest BCUT2D eigenvalue weighted by molar-refractivity contribution is 5.74. The molecule has 0 saturated heterocycles. The number of alkyl halides is 2. The van der Waals surface area contributed by atoms with Crippen LogP contribution in [0.15, 0.2) is 36.4 Å². The van der Waals surface area contributed by atoms with Crippen LogP contribution in [0.3, 0.4) is 0 Å². The highest BCUT2D eigenvalue weighted by Gasteiger charge is 2.21. The van der Waals surface area contributed by atoms with Crippen molar-refractivity contribution in [1.82, 2.24) is 0 Å². The lowest BCUT2D eigenvalue weighted by Crippen LogP contribution is -1.98. The van der Waals surface area contributed by atoms with Crippen molar-refractivity contribution in [1.29, 1.82) is 0 Å². The minimum Gasteiger partial charge on any atom is -0.496 e. The number of halogens is 4. The van der Waals surface area contributed by atoms with Crippen LogP contribution in [-0.2, 0) is 0 Å². The van der Waals surface area contributed by atoms with Gasteiger partial charge >= 0.3 is 0 Å². The van der Waals surface area contributed by atoms with Crippen LogP contribution >= 0.6 is 0 Å². The van der Waals surface area contributed by atoms with Crippen LogP contribution in [0.4, 0.5) is 17.6 Å². The number of methoxy groups -OCH3 is 1. The zero-order valence-corrected chi connectivity index (χ0v) is 9.96. The number of benzene rings is 2. The maximum atomic E-state index is 13.8. The van der Waals surface area contributed by atoms with Crippen LogP contribution in [0.5, 0.6) is 5.75 Å². The van der Waals surface area contributed by atoms with Gasteiger partial charge < -0.3 is 4.74 Å². The molecule has 0 fully saturated rings. The fraction of sp³-hybridized carbons (Fsp3) is 0.143. The first-order valence-corrected chi connectivity index (χ1v) is 5.45. The van der Waals surface area contributed by atoms with E-state index in [1.807, 2.05) is 0 Å². The molecule has 0 heterocycles. The number of hydrogen-bond acceptors (Lipinski definition) is 1. The van der Waals surface area contributed by atoms with Crippen molar-refractivity contribution >= 4 is 0 Å². The van der Waals surface area contributed by atoms with Gasteiger partial charge in [-0.2, -0.15) is 0 Å². The fourth-order valence-electron chi connectivity index (χ4n) is 1.89. The van der Waals surface area contributed by atoms with Gasteiger partial charge in [-0.25, -0.2) is 17.6 Å². The first kappa shape index (κ1) is 13.4. The molecule has 0 radical (unpaired) electrons. The minimum absolute atomic E-state index is 0.0716. The van der Waals surface area contributed by atoms with E-state index < -0.39 is 23.6 Å². The average molecular weight is 270 g/mol. The Kier molecular flexibility index (Phi) is 3.74. The zero-order valence-electron chi connectivity index (χ0n) is 9.96. The van der Waals surface area contributed by atoms with Crippen LogP contribution in [0.25, 0.3) is 11.1 Å². The third-order valence-corrected chi connectivity index (χ3v) is 2.73. The first-order chi connectivity index (χ1) is 9.06. The van der Waals surface area contributed by atoms with Crippen molar-refractivity contribution in [3.8, 4) is 16.9 Å². The van der Waals surface area contributed by atoms with Crippen molar-refractivity contribution in [2.45, 2.75) is 6.43 Å². The van der Waals surface area contributed by atoms with Gasteiger partial charge in [0.15, 0.2) is 11.6 Å². The molecule has 0 amide bonds. The summed E-state index contributed by atoms with van der Waals surface area (Å²) in [5.74, 6) is -2.19. The van der Waals surface area contributed by atoms with Gasteiger partial charge in [0.2, 0.25) is 0 Å². The molecule has 5 heteroatoms. The van der Waals surface area contributed by atoms with Crippen molar-refractivity contribution in [2.24, 2.45) is 0 Å². The third-order valence-electron chi connectivity index (χ3n) is 2.73. The smallest absolute Gasteiger partial charge is 0.264 e. The van der Waals surface area contributed by atoms with Crippen molar-refractivity contribution < 1.29 is 22.3 Å². The normalized spacial score (nSPS) is 10.8. The lowest BCUT2D eigenvalue weighted by Gasteiger charge is -2.14. The third kappa shape index (κ3) is 2.41. The van der Waals surface area contributed by atoms with E-state index in [1.54, 1.807) is 0 Å². The molecule has 0 aromatic heterocycles. The molecule has 0 aliphatic carbocycles. The molecule has 100 valence electrons. The molecular weight excluding hydrogens is 260 g/mol. The minimum atomic E-state index is -2.81. The maximum absolute atomic E-state index is 13.8. The van der Waals surface area contributed by atoms with Crippen molar-refractivity contribution in [3.63, 3.8) is 0 Å². The Morgan fingerprint density at radius 2 is 1.68 bits per heavy atom. The molecule has 19 heavy (non-hydrogen) atoms. The summed E-state index contributed by atoms with van der Waals surface area (Å²) in [4.78, 5) is 0. The molecule has 2 aromatic carbocycles. The maximum Gasteiger partial charge on any atom is 0.264 e. The number of ether oxygens (including phenoxy) is 1. The highest BCUT2D eigenvalue weighted by atomic mass is 19.3. The fourth-order valence-corrected chi connectivity index (χ4v) is 1.89. The molecule has 0 unspecified atom stereocenters. The second kappa shape index (κ2) is 5.30. The number of rotatable bonds is 3. The molecule has 0 N–H and O–H groups in total. The van der Waals surface area contributed by atoms with E-state index in [-0.39, 0.29) is 16.9 Å². The average Bonchev–Trinajstić information content (AvgIpc) is 2.41. The highest BCUT2D eigenvalue weighted by Crippen LogP contribution is 2.39. The van der Waals surface area contributed by atoms with Gasteiger partial charge in [0.1, 0.15) is 5.75 Å². The molecule has 0 aliphatic heterocycles. The molecule has 2 rings (SSSR count). The first-order valence-electron chi connectivity index (χ1n) is 5.45. The van der Waals surface area contributed by atoms with E-state index in [9.17, 15) is 17.6 Å². The number of hydrogen-bond donors (Lipinski definition) is 0. The Morgan fingerprint density at radius 1 is 1.00 bits per heavy atom. The van der Waals surface area contributed by atoms with Gasteiger partial charge in [0, 0.05) is 16.7 Å². The quantitative estimate of drug-likeness (QED) is 0.742. The van der Waals surface area contributed by atoms with Gasteiger partial charge in [-0.05, 0) is 12.1 Å². The summed E-state index contributed by atoms with van der Waals surface area (Å²) in [5.41, 5.74) is -0.770. The largest absolute Gasteiger partial charge is 0.496 e. The van der Waals surface area contributed by atoms with Crippen LogP contribution in [0.1, 0.15) is 12.0 Å². The lowest BCUT2D eigenvalue weighted by atomic mass is 9.98. The molecule has 2 aromatic rings. The Balaban J connectivity index is 2.76. The van der Waals surface area contributed by atoms with Crippen LogP contribution in [0.2, 0.25) is 0 Å². The Hall–Kier alpha value is -2.04. The summed E-state index contributed by atoms with van der Waals surface area (Å²) in [6, 6.07) is 7.38. The van der Waals surface area contributed by atoms with Crippen molar-refractivity contribution in [3.05, 3.63) is 53.6 Å². The Bertz CT molecular complexity index is 596. The second-order valence-electron chi connectivity index (χ2n) is 3.83. The summed E-state index contributed by atoms with van der Waals surface area (Å²) in [7, 11) is 1.28. The van der Waals surface area contributed by atoms with Gasteiger partial charge in [0.05, 0.1) is 7.11 Å². The monoisotopic (exact) mass is 270 g/mol. The summed E-state index contributed by atoms with van der Waals surface area (Å²) in [6.07, 6.45) is -2.81. The SMILES string of the molecule is COc1cccc(C(F)F)c1-c1cccc(F)c1F. The molecule has 0 aliphatic rings. The van der Waals surface area contributed by atoms with Gasteiger partial charge in [-0.15, -0.1) is 0 Å². The summed E-state index contributed by atoms with van der Waals surface area (Å²) >= 11 is 0. The summed E-state index contributed by atoms with van der Waals surface area (Å²) < 4.78 is 57.9. The molecular formula is C14H10F4O.